The largest absolute Gasteiger partial charge is 0.493 e. The monoisotopic (exact) mass is 321 g/mol. The Morgan fingerprint density at radius 1 is 1.04 bits per heavy atom. The first kappa shape index (κ1) is 15.2. The lowest BCUT2D eigenvalue weighted by Gasteiger charge is -2.20. The summed E-state index contributed by atoms with van der Waals surface area (Å²) < 4.78 is 21.7. The van der Waals surface area contributed by atoms with Gasteiger partial charge in [0, 0.05) is 18.4 Å². The smallest absolute Gasteiger partial charge is 0.192 e. The molecule has 3 atom stereocenters. The van der Waals surface area contributed by atoms with Crippen LogP contribution in [0.3, 0.4) is 0 Å². The van der Waals surface area contributed by atoms with E-state index in [4.69, 9.17) is 29.7 Å². The molecule has 3 unspecified atom stereocenters. The quantitative estimate of drug-likeness (QED) is 0.543. The van der Waals surface area contributed by atoms with Crippen LogP contribution in [0, 0.1) is 0 Å². The summed E-state index contributed by atoms with van der Waals surface area (Å²) in [6.45, 7) is 2.51. The van der Waals surface area contributed by atoms with Crippen LogP contribution >= 0.6 is 0 Å². The van der Waals surface area contributed by atoms with Crippen molar-refractivity contribution in [1.29, 1.82) is 0 Å². The minimum Gasteiger partial charge on any atom is -0.493 e. The SMILES string of the molecule is COc1cc(CCC2CO2)c(CC2CO2)c(CC2CO2)c1ON. The Hall–Kier alpha value is -1.34. The third-order valence-corrected chi connectivity index (χ3v) is 4.70. The van der Waals surface area contributed by atoms with Gasteiger partial charge in [-0.1, -0.05) is 0 Å². The number of ether oxygens (including phenoxy) is 4. The van der Waals surface area contributed by atoms with Crippen molar-refractivity contribution in [1.82, 2.24) is 0 Å². The van der Waals surface area contributed by atoms with Crippen molar-refractivity contribution in [2.45, 2.75) is 44.0 Å². The summed E-state index contributed by atoms with van der Waals surface area (Å²) in [5.74, 6) is 6.87. The van der Waals surface area contributed by atoms with Gasteiger partial charge in [-0.05, 0) is 30.0 Å². The van der Waals surface area contributed by atoms with E-state index >= 15 is 0 Å². The second-order valence-corrected chi connectivity index (χ2v) is 6.45. The summed E-state index contributed by atoms with van der Waals surface area (Å²) in [7, 11) is 1.65. The standard InChI is InChI=1S/C17H23NO5/c1-19-16-4-10(2-3-11-7-20-11)14(5-12-8-21-12)15(17(16)23-18)6-13-9-22-13/h4,11-13H,2-3,5-9,18H2,1H3. The molecule has 0 radical (unpaired) electrons. The molecule has 1 aromatic carbocycles. The third-order valence-electron chi connectivity index (χ3n) is 4.70. The number of methoxy groups -OCH3 is 1. The highest BCUT2D eigenvalue weighted by Crippen LogP contribution is 2.40. The van der Waals surface area contributed by atoms with Crippen LogP contribution in [0.4, 0.5) is 0 Å². The van der Waals surface area contributed by atoms with Crippen LogP contribution in [0.25, 0.3) is 0 Å². The molecule has 23 heavy (non-hydrogen) atoms. The highest BCUT2D eigenvalue weighted by Gasteiger charge is 2.32. The summed E-state index contributed by atoms with van der Waals surface area (Å²) in [4.78, 5) is 5.19. The number of hydrogen-bond acceptors (Lipinski definition) is 6. The van der Waals surface area contributed by atoms with Gasteiger partial charge in [-0.2, -0.15) is 5.90 Å². The van der Waals surface area contributed by atoms with Crippen LogP contribution in [-0.4, -0.2) is 45.2 Å². The number of benzene rings is 1. The highest BCUT2D eigenvalue weighted by molar-refractivity contribution is 5.55. The predicted octanol–water partition coefficient (Wildman–Crippen LogP) is 1.16. The molecule has 3 fully saturated rings. The fraction of sp³-hybridized carbons (Fsp3) is 0.647. The van der Waals surface area contributed by atoms with E-state index < -0.39 is 0 Å². The molecular formula is C17H23NO5. The lowest BCUT2D eigenvalue weighted by molar-refractivity contribution is 0.299. The van der Waals surface area contributed by atoms with Crippen molar-refractivity contribution < 1.29 is 23.8 Å². The molecule has 0 bridgehead atoms. The Kier molecular flexibility index (Phi) is 4.15. The average Bonchev–Trinajstić information content (AvgIpc) is 3.39. The van der Waals surface area contributed by atoms with Gasteiger partial charge in [0.25, 0.3) is 0 Å². The molecule has 0 saturated carbocycles. The number of hydrogen-bond donors (Lipinski definition) is 1. The van der Waals surface area contributed by atoms with Gasteiger partial charge < -0.3 is 23.8 Å². The second kappa shape index (κ2) is 6.28. The summed E-state index contributed by atoms with van der Waals surface area (Å²) in [6.07, 6.45) is 4.67. The van der Waals surface area contributed by atoms with Crippen LogP contribution in [0.15, 0.2) is 6.07 Å². The fourth-order valence-electron chi connectivity index (χ4n) is 3.14. The van der Waals surface area contributed by atoms with Gasteiger partial charge >= 0.3 is 0 Å². The van der Waals surface area contributed by atoms with E-state index in [0.717, 1.165) is 51.1 Å². The van der Waals surface area contributed by atoms with Gasteiger partial charge in [-0.3, -0.25) is 0 Å². The first-order valence-electron chi connectivity index (χ1n) is 8.21. The van der Waals surface area contributed by atoms with Gasteiger partial charge in [0.2, 0.25) is 0 Å². The summed E-state index contributed by atoms with van der Waals surface area (Å²) in [5.41, 5.74) is 3.67. The van der Waals surface area contributed by atoms with Crippen LogP contribution in [0.5, 0.6) is 11.5 Å². The minimum absolute atomic E-state index is 0.259. The highest BCUT2D eigenvalue weighted by atomic mass is 16.6. The third kappa shape index (κ3) is 3.61. The predicted molar refractivity (Wildman–Crippen MR) is 82.8 cm³/mol. The van der Waals surface area contributed by atoms with Gasteiger partial charge in [-0.15, -0.1) is 0 Å². The zero-order valence-electron chi connectivity index (χ0n) is 13.4. The number of rotatable bonds is 9. The fourth-order valence-corrected chi connectivity index (χ4v) is 3.14. The molecule has 1 aromatic rings. The van der Waals surface area contributed by atoms with Gasteiger partial charge in [0.15, 0.2) is 11.5 Å². The molecule has 3 aliphatic heterocycles. The molecular weight excluding hydrogens is 298 g/mol. The van der Waals surface area contributed by atoms with Crippen molar-refractivity contribution >= 4 is 0 Å². The first-order chi connectivity index (χ1) is 11.3. The Labute approximate surface area is 135 Å². The van der Waals surface area contributed by atoms with E-state index in [1.807, 2.05) is 0 Å². The van der Waals surface area contributed by atoms with Gasteiger partial charge in [0.05, 0.1) is 45.2 Å². The lowest BCUT2D eigenvalue weighted by Crippen LogP contribution is -2.14. The van der Waals surface area contributed by atoms with Crippen LogP contribution in [0.2, 0.25) is 0 Å². The maximum atomic E-state index is 5.55. The van der Waals surface area contributed by atoms with Crippen molar-refractivity contribution in [2.24, 2.45) is 5.90 Å². The summed E-state index contributed by atoms with van der Waals surface area (Å²) in [5, 5.41) is 0. The molecule has 3 saturated heterocycles. The second-order valence-electron chi connectivity index (χ2n) is 6.45. The zero-order valence-corrected chi connectivity index (χ0v) is 13.4. The Morgan fingerprint density at radius 3 is 2.17 bits per heavy atom. The van der Waals surface area contributed by atoms with Gasteiger partial charge in [-0.25, -0.2) is 0 Å². The molecule has 6 nitrogen and oxygen atoms in total. The van der Waals surface area contributed by atoms with E-state index in [0.29, 0.717) is 23.7 Å². The van der Waals surface area contributed by atoms with Crippen molar-refractivity contribution in [3.05, 3.63) is 22.8 Å². The van der Waals surface area contributed by atoms with Crippen molar-refractivity contribution in [2.75, 3.05) is 26.9 Å². The normalized spacial score (nSPS) is 27.7. The molecule has 0 aliphatic carbocycles. The van der Waals surface area contributed by atoms with E-state index in [-0.39, 0.29) is 6.10 Å². The summed E-state index contributed by atoms with van der Waals surface area (Å²) in [6, 6.07) is 2.06. The maximum absolute atomic E-state index is 5.55. The molecule has 0 amide bonds. The maximum Gasteiger partial charge on any atom is 0.192 e. The van der Waals surface area contributed by atoms with Crippen molar-refractivity contribution in [3.8, 4) is 11.5 Å². The van der Waals surface area contributed by atoms with Crippen LogP contribution in [0.1, 0.15) is 23.1 Å². The molecule has 0 aromatic heterocycles. The Bertz CT molecular complexity index is 579. The number of epoxide rings is 3. The number of nitrogens with two attached hydrogens (primary N) is 1. The van der Waals surface area contributed by atoms with Gasteiger partial charge in [0.1, 0.15) is 0 Å². The van der Waals surface area contributed by atoms with E-state index in [1.165, 1.54) is 11.1 Å². The van der Waals surface area contributed by atoms with Crippen LogP contribution < -0.4 is 15.5 Å². The topological polar surface area (TPSA) is 82.1 Å². The minimum atomic E-state index is 0.259. The molecule has 0 spiro atoms. The zero-order chi connectivity index (χ0) is 15.8. The van der Waals surface area contributed by atoms with E-state index in [9.17, 15) is 0 Å². The Morgan fingerprint density at radius 2 is 1.65 bits per heavy atom. The van der Waals surface area contributed by atoms with Crippen LogP contribution in [-0.2, 0) is 33.5 Å². The lowest BCUT2D eigenvalue weighted by atomic mass is 9.90. The molecule has 6 heteroatoms. The molecule has 4 rings (SSSR count). The summed E-state index contributed by atoms with van der Waals surface area (Å²) >= 11 is 0. The first-order valence-corrected chi connectivity index (χ1v) is 8.21. The molecule has 2 N–H and O–H groups in total. The molecule has 3 heterocycles. The van der Waals surface area contributed by atoms with E-state index in [2.05, 4.69) is 6.07 Å². The van der Waals surface area contributed by atoms with E-state index in [1.54, 1.807) is 7.11 Å². The Balaban J connectivity index is 1.70. The average molecular weight is 321 g/mol. The molecule has 3 aliphatic rings. The van der Waals surface area contributed by atoms with Crippen molar-refractivity contribution in [3.63, 3.8) is 0 Å². The molecule has 126 valence electrons. The number of aryl methyl sites for hydroxylation is 1.